The Morgan fingerprint density at radius 2 is 1.30 bits per heavy atom. The molecule has 7 heteroatoms. The molecule has 1 aromatic carbocycles. The Bertz CT molecular complexity index is 601. The summed E-state index contributed by atoms with van der Waals surface area (Å²) in [4.78, 5) is 25.2. The Kier molecular flexibility index (Phi) is 7.49. The fourth-order valence-corrected chi connectivity index (χ4v) is 6.75. The molecule has 2 N–H and O–H groups in total. The fourth-order valence-electron chi connectivity index (χ4n) is 3.64. The zero-order valence-corrected chi connectivity index (χ0v) is 17.4. The summed E-state index contributed by atoms with van der Waals surface area (Å²) in [5, 5.41) is 19.6. The van der Waals surface area contributed by atoms with Crippen LogP contribution in [0.1, 0.15) is 51.4 Å². The van der Waals surface area contributed by atoms with Gasteiger partial charge in [-0.3, -0.25) is 0 Å². The van der Waals surface area contributed by atoms with Crippen LogP contribution in [0.5, 0.6) is 0 Å². The molecular formula is C20H27IO6. The maximum atomic E-state index is 12.6. The number of carbonyl (C=O) groups excluding carboxylic acids is 2. The molecule has 2 aliphatic rings. The van der Waals surface area contributed by atoms with Crippen molar-refractivity contribution in [2.45, 2.75) is 63.6 Å². The molecule has 0 radical (unpaired) electrons. The molecule has 0 amide bonds. The first-order valence-corrected chi connectivity index (χ1v) is 12.4. The van der Waals surface area contributed by atoms with Crippen molar-refractivity contribution in [3.05, 3.63) is 33.9 Å². The van der Waals surface area contributed by atoms with Gasteiger partial charge in [0.25, 0.3) is 0 Å². The Morgan fingerprint density at radius 3 is 1.74 bits per heavy atom. The number of aliphatic hydroxyl groups is 2. The van der Waals surface area contributed by atoms with Gasteiger partial charge in [0.05, 0.1) is 0 Å². The van der Waals surface area contributed by atoms with Gasteiger partial charge in [0, 0.05) is 0 Å². The SMILES string of the molecule is O=C(OI(OC(=O)C1CCCC(O)C1)c1ccccc1)C1CCCC(O)C1. The molecule has 6 nitrogen and oxygen atoms in total. The van der Waals surface area contributed by atoms with E-state index in [0.717, 1.165) is 16.4 Å². The first-order valence-electron chi connectivity index (χ1n) is 9.58. The van der Waals surface area contributed by atoms with Gasteiger partial charge in [-0.2, -0.15) is 0 Å². The van der Waals surface area contributed by atoms with Crippen LogP contribution in [0.4, 0.5) is 0 Å². The average Bonchev–Trinajstić information content (AvgIpc) is 2.68. The molecule has 150 valence electrons. The number of halogens is 1. The van der Waals surface area contributed by atoms with Gasteiger partial charge in [0.1, 0.15) is 0 Å². The molecule has 0 heterocycles. The predicted octanol–water partition coefficient (Wildman–Crippen LogP) is 3.38. The van der Waals surface area contributed by atoms with E-state index in [4.69, 9.17) is 6.13 Å². The summed E-state index contributed by atoms with van der Waals surface area (Å²) in [6, 6.07) is 9.15. The van der Waals surface area contributed by atoms with Crippen LogP contribution in [0.25, 0.3) is 0 Å². The molecular weight excluding hydrogens is 463 g/mol. The van der Waals surface area contributed by atoms with Crippen molar-refractivity contribution in [2.75, 3.05) is 0 Å². The van der Waals surface area contributed by atoms with Crippen LogP contribution in [0.2, 0.25) is 0 Å². The Hall–Kier alpha value is -1.19. The molecule has 2 aliphatic carbocycles. The number of rotatable bonds is 5. The fraction of sp³-hybridized carbons (Fsp3) is 0.600. The van der Waals surface area contributed by atoms with E-state index < -0.39 is 32.9 Å². The minimum absolute atomic E-state index is 0.340. The second-order valence-electron chi connectivity index (χ2n) is 7.34. The van der Waals surface area contributed by atoms with Gasteiger partial charge in [0.15, 0.2) is 0 Å². The van der Waals surface area contributed by atoms with Crippen LogP contribution in [-0.4, -0.2) is 34.4 Å². The van der Waals surface area contributed by atoms with Crippen LogP contribution >= 0.6 is 20.6 Å². The molecule has 27 heavy (non-hydrogen) atoms. The van der Waals surface area contributed by atoms with Crippen LogP contribution in [-0.2, 0) is 15.7 Å². The van der Waals surface area contributed by atoms with Crippen LogP contribution in [0, 0.1) is 15.4 Å². The zero-order chi connectivity index (χ0) is 19.2. The third-order valence-electron chi connectivity index (χ3n) is 5.16. The van der Waals surface area contributed by atoms with Crippen LogP contribution in [0.15, 0.2) is 30.3 Å². The van der Waals surface area contributed by atoms with Gasteiger partial charge in [0.2, 0.25) is 0 Å². The van der Waals surface area contributed by atoms with Crippen molar-refractivity contribution in [1.82, 2.24) is 0 Å². The Morgan fingerprint density at radius 1 is 0.815 bits per heavy atom. The number of carbonyl (C=O) groups is 2. The molecule has 1 aromatic rings. The van der Waals surface area contributed by atoms with E-state index in [2.05, 4.69) is 0 Å². The quantitative estimate of drug-likeness (QED) is 0.615. The zero-order valence-electron chi connectivity index (χ0n) is 15.3. The monoisotopic (exact) mass is 490 g/mol. The molecule has 0 spiro atoms. The third kappa shape index (κ3) is 5.89. The van der Waals surface area contributed by atoms with E-state index in [1.54, 1.807) is 0 Å². The molecule has 3 rings (SSSR count). The second kappa shape index (κ2) is 9.84. The standard InChI is InChI=1S/C20H27IO6/c22-17-10-4-6-14(12-17)19(24)26-21(16-8-2-1-3-9-16)27-20(25)15-7-5-11-18(23)13-15/h1-3,8-9,14-15,17-18,22-23H,4-7,10-13H2. The van der Waals surface area contributed by atoms with Crippen molar-refractivity contribution in [2.24, 2.45) is 11.8 Å². The number of aliphatic hydroxyl groups excluding tert-OH is 2. The van der Waals surface area contributed by atoms with Gasteiger partial charge in [-0.15, -0.1) is 0 Å². The molecule has 0 aliphatic heterocycles. The number of benzene rings is 1. The topological polar surface area (TPSA) is 93.1 Å². The van der Waals surface area contributed by atoms with Crippen molar-refractivity contribution in [3.8, 4) is 0 Å². The molecule has 2 fully saturated rings. The van der Waals surface area contributed by atoms with Gasteiger partial charge in [-0.1, -0.05) is 0 Å². The molecule has 4 unspecified atom stereocenters. The van der Waals surface area contributed by atoms with Gasteiger partial charge in [-0.05, 0) is 0 Å². The Labute approximate surface area is 167 Å². The first-order chi connectivity index (χ1) is 13.0. The molecule has 0 saturated heterocycles. The van der Waals surface area contributed by atoms with E-state index in [0.29, 0.717) is 38.5 Å². The van der Waals surface area contributed by atoms with E-state index in [-0.39, 0.29) is 23.8 Å². The number of hydrogen-bond acceptors (Lipinski definition) is 6. The summed E-state index contributed by atoms with van der Waals surface area (Å²) in [6.07, 6.45) is 4.26. The Balaban J connectivity index is 1.67. The summed E-state index contributed by atoms with van der Waals surface area (Å²) < 4.78 is 12.2. The van der Waals surface area contributed by atoms with E-state index in [9.17, 15) is 19.8 Å². The van der Waals surface area contributed by atoms with E-state index in [1.165, 1.54) is 0 Å². The minimum atomic E-state index is -2.96. The summed E-state index contributed by atoms with van der Waals surface area (Å²) in [5.74, 6) is -1.43. The van der Waals surface area contributed by atoms with Gasteiger partial charge in [-0.25, -0.2) is 0 Å². The molecule has 0 bridgehead atoms. The second-order valence-corrected chi connectivity index (χ2v) is 10.7. The van der Waals surface area contributed by atoms with Gasteiger partial charge < -0.3 is 0 Å². The normalized spacial score (nSPS) is 28.9. The van der Waals surface area contributed by atoms with Crippen molar-refractivity contribution >= 4 is 32.6 Å². The van der Waals surface area contributed by atoms with Crippen molar-refractivity contribution in [3.63, 3.8) is 0 Å². The summed E-state index contributed by atoms with van der Waals surface area (Å²) >= 11 is -2.96. The van der Waals surface area contributed by atoms with E-state index in [1.807, 2.05) is 30.3 Å². The summed E-state index contributed by atoms with van der Waals surface area (Å²) in [6.45, 7) is 0. The van der Waals surface area contributed by atoms with Crippen molar-refractivity contribution in [1.29, 1.82) is 0 Å². The summed E-state index contributed by atoms with van der Waals surface area (Å²) in [7, 11) is 0. The van der Waals surface area contributed by atoms with Crippen LogP contribution in [0.3, 0.4) is 0 Å². The maximum absolute atomic E-state index is 12.6. The van der Waals surface area contributed by atoms with Crippen molar-refractivity contribution < 1.29 is 25.9 Å². The summed E-state index contributed by atoms with van der Waals surface area (Å²) in [5.41, 5.74) is 0. The van der Waals surface area contributed by atoms with Crippen LogP contribution < -0.4 is 0 Å². The third-order valence-corrected chi connectivity index (χ3v) is 8.57. The first kappa shape index (κ1) is 20.5. The molecule has 0 aromatic heterocycles. The average molecular weight is 490 g/mol. The molecule has 4 atom stereocenters. The van der Waals surface area contributed by atoms with E-state index >= 15 is 0 Å². The van der Waals surface area contributed by atoms with Gasteiger partial charge >= 0.3 is 168 Å². The number of hydrogen-bond donors (Lipinski definition) is 2. The molecule has 2 saturated carbocycles. The predicted molar refractivity (Wildman–Crippen MR) is 107 cm³/mol.